The van der Waals surface area contributed by atoms with Crippen molar-refractivity contribution in [2.24, 2.45) is 5.92 Å². The molecule has 0 bridgehead atoms. The summed E-state index contributed by atoms with van der Waals surface area (Å²) in [4.78, 5) is 13.2. The number of carbonyl (C=O) groups excluding carboxylic acids is 1. The van der Waals surface area contributed by atoms with Gasteiger partial charge in [0.25, 0.3) is 5.91 Å². The normalized spacial score (nSPS) is 22.9. The van der Waals surface area contributed by atoms with Crippen LogP contribution in [0.15, 0.2) is 11.1 Å². The molecule has 0 radical (unpaired) electrons. The summed E-state index contributed by atoms with van der Waals surface area (Å²) in [7, 11) is 0. The number of carbonyl (C=O) groups is 1. The first-order valence-corrected chi connectivity index (χ1v) is 5.11. The van der Waals surface area contributed by atoms with Crippen LogP contribution in [0.2, 0.25) is 0 Å². The molecule has 1 rings (SSSR count). The van der Waals surface area contributed by atoms with E-state index < -0.39 is 6.23 Å². The van der Waals surface area contributed by atoms with E-state index in [-0.39, 0.29) is 5.91 Å². The largest absolute Gasteiger partial charge is 0.369 e. The average molecular weight is 197 g/mol. The van der Waals surface area contributed by atoms with Crippen molar-refractivity contribution in [1.82, 2.24) is 4.90 Å². The summed E-state index contributed by atoms with van der Waals surface area (Å²) >= 11 is 0. The first kappa shape index (κ1) is 11.2. The maximum Gasteiger partial charge on any atom is 0.251 e. The van der Waals surface area contributed by atoms with E-state index in [1.165, 1.54) is 0 Å². The second kappa shape index (κ2) is 4.13. The van der Waals surface area contributed by atoms with Crippen molar-refractivity contribution in [1.29, 1.82) is 0 Å². The van der Waals surface area contributed by atoms with Crippen molar-refractivity contribution in [3.8, 4) is 0 Å². The van der Waals surface area contributed by atoms with E-state index in [0.29, 0.717) is 18.0 Å². The Kier molecular flexibility index (Phi) is 3.32. The third kappa shape index (κ3) is 1.98. The molecule has 0 fully saturated rings. The van der Waals surface area contributed by atoms with Gasteiger partial charge in [0, 0.05) is 12.1 Å². The molecule has 0 aliphatic carbocycles. The van der Waals surface area contributed by atoms with Crippen LogP contribution in [0.1, 0.15) is 34.1 Å². The van der Waals surface area contributed by atoms with Gasteiger partial charge in [0.05, 0.1) is 0 Å². The first-order chi connectivity index (χ1) is 6.45. The standard InChI is InChI=1S/C11H19NO2/c1-7(2)5-6-12-10(13)8(3)9(4)11(12)14/h7,10,13H,5-6H2,1-4H3/t10-/m1/s1. The Hall–Kier alpha value is -0.830. The van der Waals surface area contributed by atoms with Crippen molar-refractivity contribution in [3.05, 3.63) is 11.1 Å². The lowest BCUT2D eigenvalue weighted by Crippen LogP contribution is -2.36. The highest BCUT2D eigenvalue weighted by Gasteiger charge is 2.32. The molecule has 0 saturated carbocycles. The van der Waals surface area contributed by atoms with Crippen molar-refractivity contribution >= 4 is 5.91 Å². The Morgan fingerprint density at radius 2 is 2.00 bits per heavy atom. The van der Waals surface area contributed by atoms with Crippen molar-refractivity contribution in [3.63, 3.8) is 0 Å². The maximum absolute atomic E-state index is 11.6. The van der Waals surface area contributed by atoms with Crippen LogP contribution in [0, 0.1) is 5.92 Å². The second-order valence-electron chi connectivity index (χ2n) is 4.36. The zero-order valence-electron chi connectivity index (χ0n) is 9.37. The fraction of sp³-hybridized carbons (Fsp3) is 0.727. The molecule has 1 heterocycles. The fourth-order valence-corrected chi connectivity index (χ4v) is 1.54. The smallest absolute Gasteiger partial charge is 0.251 e. The average Bonchev–Trinajstić information content (AvgIpc) is 2.29. The minimum atomic E-state index is -0.693. The highest BCUT2D eigenvalue weighted by atomic mass is 16.3. The molecule has 1 amide bonds. The Bertz CT molecular complexity index is 268. The van der Waals surface area contributed by atoms with Crippen molar-refractivity contribution < 1.29 is 9.90 Å². The maximum atomic E-state index is 11.6. The van der Waals surface area contributed by atoms with Crippen molar-refractivity contribution in [2.75, 3.05) is 6.54 Å². The predicted molar refractivity (Wildman–Crippen MR) is 55.5 cm³/mol. The minimum Gasteiger partial charge on any atom is -0.369 e. The molecule has 1 aliphatic heterocycles. The minimum absolute atomic E-state index is 0.0179. The van der Waals surface area contributed by atoms with E-state index >= 15 is 0 Å². The van der Waals surface area contributed by atoms with Gasteiger partial charge in [-0.1, -0.05) is 13.8 Å². The summed E-state index contributed by atoms with van der Waals surface area (Å²) in [5.41, 5.74) is 1.49. The molecule has 3 nitrogen and oxygen atoms in total. The highest BCUT2D eigenvalue weighted by Crippen LogP contribution is 2.24. The number of aliphatic hydroxyl groups excluding tert-OH is 1. The van der Waals surface area contributed by atoms with E-state index in [1.54, 1.807) is 11.8 Å². The molecule has 0 spiro atoms. The summed E-state index contributed by atoms with van der Waals surface area (Å²) in [6.45, 7) is 8.45. The first-order valence-electron chi connectivity index (χ1n) is 5.11. The monoisotopic (exact) mass is 197 g/mol. The lowest BCUT2D eigenvalue weighted by Gasteiger charge is -2.22. The van der Waals surface area contributed by atoms with Crippen molar-refractivity contribution in [2.45, 2.75) is 40.3 Å². The molecule has 3 heteroatoms. The van der Waals surface area contributed by atoms with E-state index in [9.17, 15) is 9.90 Å². The molecule has 14 heavy (non-hydrogen) atoms. The Balaban J connectivity index is 2.62. The molecular weight excluding hydrogens is 178 g/mol. The summed E-state index contributed by atoms with van der Waals surface area (Å²) in [6.07, 6.45) is 0.241. The molecule has 0 aromatic rings. The molecule has 80 valence electrons. The summed E-state index contributed by atoms with van der Waals surface area (Å²) in [5, 5.41) is 9.76. The SMILES string of the molecule is CC1=C(C)[C@@H](O)N(CCC(C)C)C1=O. The summed E-state index contributed by atoms with van der Waals surface area (Å²) in [6, 6.07) is 0. The molecule has 0 aromatic carbocycles. The summed E-state index contributed by atoms with van der Waals surface area (Å²) in [5.74, 6) is 0.534. The topological polar surface area (TPSA) is 40.5 Å². The van der Waals surface area contributed by atoms with E-state index in [1.807, 2.05) is 6.92 Å². The van der Waals surface area contributed by atoms with Gasteiger partial charge in [-0.2, -0.15) is 0 Å². The number of rotatable bonds is 3. The number of hydrogen-bond donors (Lipinski definition) is 1. The third-order valence-electron chi connectivity index (χ3n) is 2.80. The van der Waals surface area contributed by atoms with Gasteiger partial charge in [-0.25, -0.2) is 0 Å². The van der Waals surface area contributed by atoms with Gasteiger partial charge in [0.2, 0.25) is 0 Å². The van der Waals surface area contributed by atoms with E-state index in [4.69, 9.17) is 0 Å². The van der Waals surface area contributed by atoms with E-state index in [0.717, 1.165) is 12.0 Å². The molecule has 1 N–H and O–H groups in total. The van der Waals surface area contributed by atoms with Crippen LogP contribution < -0.4 is 0 Å². The number of hydrogen-bond acceptors (Lipinski definition) is 2. The summed E-state index contributed by atoms with van der Waals surface area (Å²) < 4.78 is 0. The number of nitrogens with zero attached hydrogens (tertiary/aromatic N) is 1. The fourth-order valence-electron chi connectivity index (χ4n) is 1.54. The predicted octanol–water partition coefficient (Wildman–Crippen LogP) is 1.53. The molecule has 0 aromatic heterocycles. The third-order valence-corrected chi connectivity index (χ3v) is 2.80. The Morgan fingerprint density at radius 1 is 1.43 bits per heavy atom. The molecule has 0 saturated heterocycles. The lowest BCUT2D eigenvalue weighted by atomic mass is 10.1. The van der Waals surface area contributed by atoms with Gasteiger partial charge in [0.1, 0.15) is 0 Å². The molecule has 1 atom stereocenters. The lowest BCUT2D eigenvalue weighted by molar-refractivity contribution is -0.132. The zero-order valence-corrected chi connectivity index (χ0v) is 9.37. The van der Waals surface area contributed by atoms with E-state index in [2.05, 4.69) is 13.8 Å². The van der Waals surface area contributed by atoms with Crippen LogP contribution in [0.4, 0.5) is 0 Å². The zero-order chi connectivity index (χ0) is 10.9. The van der Waals surface area contributed by atoms with Crippen LogP contribution in [0.25, 0.3) is 0 Å². The highest BCUT2D eigenvalue weighted by molar-refractivity contribution is 5.96. The van der Waals surface area contributed by atoms with Gasteiger partial charge < -0.3 is 10.0 Å². The Labute approximate surface area is 85.4 Å². The second-order valence-corrected chi connectivity index (χ2v) is 4.36. The van der Waals surface area contributed by atoms with Gasteiger partial charge in [-0.15, -0.1) is 0 Å². The van der Waals surface area contributed by atoms with Crippen LogP contribution in [0.3, 0.4) is 0 Å². The molecule has 1 aliphatic rings. The van der Waals surface area contributed by atoms with Crippen LogP contribution >= 0.6 is 0 Å². The molecular formula is C11H19NO2. The van der Waals surface area contributed by atoms with Gasteiger partial charge in [-0.05, 0) is 31.8 Å². The van der Waals surface area contributed by atoms with Crippen LogP contribution in [0.5, 0.6) is 0 Å². The quantitative estimate of drug-likeness (QED) is 0.745. The van der Waals surface area contributed by atoms with Crippen LogP contribution in [-0.4, -0.2) is 28.7 Å². The Morgan fingerprint density at radius 3 is 2.36 bits per heavy atom. The molecule has 0 unspecified atom stereocenters. The number of aliphatic hydroxyl groups is 1. The van der Waals surface area contributed by atoms with Gasteiger partial charge in [0.15, 0.2) is 6.23 Å². The van der Waals surface area contributed by atoms with Crippen LogP contribution in [-0.2, 0) is 4.79 Å². The van der Waals surface area contributed by atoms with Gasteiger partial charge in [-0.3, -0.25) is 4.79 Å². The number of amides is 1. The van der Waals surface area contributed by atoms with Gasteiger partial charge >= 0.3 is 0 Å².